The Kier molecular flexibility index (Phi) is 3.88. The molecule has 1 aromatic carbocycles. The molecule has 0 radical (unpaired) electrons. The number of para-hydroxylation sites is 1. The van der Waals surface area contributed by atoms with Crippen LogP contribution in [0.15, 0.2) is 41.8 Å². The van der Waals surface area contributed by atoms with Gasteiger partial charge in [0.1, 0.15) is 0 Å². The van der Waals surface area contributed by atoms with E-state index in [0.29, 0.717) is 6.04 Å². The van der Waals surface area contributed by atoms with Gasteiger partial charge in [0.15, 0.2) is 0 Å². The highest BCUT2D eigenvalue weighted by atomic mass is 32.1. The fourth-order valence-corrected chi connectivity index (χ4v) is 3.57. The van der Waals surface area contributed by atoms with Crippen LogP contribution in [0.4, 0.5) is 5.69 Å². The molecule has 0 spiro atoms. The Morgan fingerprint density at radius 2 is 2.05 bits per heavy atom. The second-order valence-corrected chi connectivity index (χ2v) is 6.55. The van der Waals surface area contributed by atoms with Crippen LogP contribution in [-0.2, 0) is 0 Å². The highest BCUT2D eigenvalue weighted by Crippen LogP contribution is 2.34. The Morgan fingerprint density at radius 3 is 2.74 bits per heavy atom. The average Bonchev–Trinajstić information content (AvgIpc) is 2.88. The highest BCUT2D eigenvalue weighted by Gasteiger charge is 2.20. The van der Waals surface area contributed by atoms with Crippen LogP contribution >= 0.6 is 11.3 Å². The molecule has 0 bridgehead atoms. The zero-order valence-electron chi connectivity index (χ0n) is 11.4. The molecule has 0 aliphatic heterocycles. The van der Waals surface area contributed by atoms with Crippen LogP contribution in [0.25, 0.3) is 10.4 Å². The smallest absolute Gasteiger partial charge is 0.0430 e. The summed E-state index contributed by atoms with van der Waals surface area (Å²) in [7, 11) is 0. The van der Waals surface area contributed by atoms with E-state index in [9.17, 15) is 0 Å². The molecule has 2 aromatic rings. The van der Waals surface area contributed by atoms with E-state index in [4.69, 9.17) is 0 Å². The summed E-state index contributed by atoms with van der Waals surface area (Å²) in [5, 5.41) is 5.85. The van der Waals surface area contributed by atoms with Crippen molar-refractivity contribution in [1.29, 1.82) is 0 Å². The van der Waals surface area contributed by atoms with Crippen molar-refractivity contribution in [2.75, 3.05) is 5.32 Å². The average molecular weight is 271 g/mol. The third-order valence-corrected chi connectivity index (χ3v) is 4.93. The van der Waals surface area contributed by atoms with Gasteiger partial charge < -0.3 is 5.32 Å². The van der Waals surface area contributed by atoms with Gasteiger partial charge in [0.2, 0.25) is 0 Å². The molecule has 3 rings (SSSR count). The van der Waals surface area contributed by atoms with E-state index in [1.54, 1.807) is 11.3 Å². The zero-order valence-corrected chi connectivity index (χ0v) is 12.2. The summed E-state index contributed by atoms with van der Waals surface area (Å²) in [5.41, 5.74) is 2.61. The third kappa shape index (κ3) is 3.01. The first-order valence-electron chi connectivity index (χ1n) is 7.22. The van der Waals surface area contributed by atoms with Crippen molar-refractivity contribution in [2.45, 2.75) is 38.6 Å². The van der Waals surface area contributed by atoms with Crippen LogP contribution in [0, 0.1) is 5.92 Å². The molecule has 1 aromatic heterocycles. The number of rotatable bonds is 5. The molecule has 1 fully saturated rings. The van der Waals surface area contributed by atoms with Gasteiger partial charge in [-0.1, -0.05) is 43.5 Å². The van der Waals surface area contributed by atoms with Gasteiger partial charge in [0, 0.05) is 22.2 Å². The molecule has 1 aliphatic carbocycles. The maximum absolute atomic E-state index is 3.70. The van der Waals surface area contributed by atoms with E-state index < -0.39 is 0 Å². The number of hydrogen-bond acceptors (Lipinski definition) is 2. The maximum Gasteiger partial charge on any atom is 0.0430 e. The minimum atomic E-state index is 0.561. The lowest BCUT2D eigenvalue weighted by Gasteiger charge is -2.29. The summed E-state index contributed by atoms with van der Waals surface area (Å²) in [6.07, 6.45) is 5.60. The molecule has 1 unspecified atom stereocenters. The van der Waals surface area contributed by atoms with E-state index in [0.717, 1.165) is 5.92 Å². The molecule has 0 amide bonds. The van der Waals surface area contributed by atoms with Crippen molar-refractivity contribution in [1.82, 2.24) is 0 Å². The van der Waals surface area contributed by atoms with Crippen molar-refractivity contribution in [3.63, 3.8) is 0 Å². The van der Waals surface area contributed by atoms with Crippen LogP contribution in [0.3, 0.4) is 0 Å². The molecule has 0 saturated heterocycles. The van der Waals surface area contributed by atoms with Gasteiger partial charge in [-0.25, -0.2) is 0 Å². The van der Waals surface area contributed by atoms with E-state index in [1.165, 1.54) is 41.8 Å². The normalized spacial score (nSPS) is 16.9. The fraction of sp³-hybridized carbons (Fsp3) is 0.412. The number of thiophene rings is 1. The van der Waals surface area contributed by atoms with Crippen molar-refractivity contribution in [2.24, 2.45) is 5.92 Å². The van der Waals surface area contributed by atoms with Gasteiger partial charge in [-0.15, -0.1) is 11.3 Å². The van der Waals surface area contributed by atoms with E-state index in [1.807, 2.05) is 0 Å². The summed E-state index contributed by atoms with van der Waals surface area (Å²) >= 11 is 1.81. The van der Waals surface area contributed by atoms with Crippen LogP contribution in [0.1, 0.15) is 32.6 Å². The van der Waals surface area contributed by atoms with Crippen molar-refractivity contribution >= 4 is 17.0 Å². The molecule has 1 atom stereocenters. The number of anilines is 1. The number of hydrogen-bond donors (Lipinski definition) is 1. The molecular formula is C17H21NS. The van der Waals surface area contributed by atoms with Gasteiger partial charge in [-0.05, 0) is 36.8 Å². The minimum Gasteiger partial charge on any atom is -0.382 e. The quantitative estimate of drug-likeness (QED) is 0.767. The Balaban J connectivity index is 1.73. The first-order chi connectivity index (χ1) is 9.33. The molecule has 1 nitrogen and oxygen atoms in total. The summed E-state index contributed by atoms with van der Waals surface area (Å²) in [4.78, 5) is 1.35. The SMILES string of the molecule is CC(CC1CCC1)Nc1ccccc1-c1cccs1. The van der Waals surface area contributed by atoms with Gasteiger partial charge in [-0.2, -0.15) is 0 Å². The minimum absolute atomic E-state index is 0.561. The summed E-state index contributed by atoms with van der Waals surface area (Å²) in [6, 6.07) is 13.5. The molecular weight excluding hydrogens is 250 g/mol. The molecule has 1 N–H and O–H groups in total. The standard InChI is InChI=1S/C17H21NS/c1-13(12-14-6-4-7-14)18-16-9-3-2-8-15(16)17-10-5-11-19-17/h2-3,5,8-11,13-14,18H,4,6-7,12H2,1H3. The van der Waals surface area contributed by atoms with Gasteiger partial charge in [0.25, 0.3) is 0 Å². The van der Waals surface area contributed by atoms with Gasteiger partial charge >= 0.3 is 0 Å². The fourth-order valence-electron chi connectivity index (χ4n) is 2.81. The van der Waals surface area contributed by atoms with Crippen molar-refractivity contribution < 1.29 is 0 Å². The lowest BCUT2D eigenvalue weighted by atomic mass is 9.81. The van der Waals surface area contributed by atoms with E-state index in [2.05, 4.69) is 54.0 Å². The van der Waals surface area contributed by atoms with Crippen LogP contribution in [0.2, 0.25) is 0 Å². The topological polar surface area (TPSA) is 12.0 Å². The van der Waals surface area contributed by atoms with E-state index >= 15 is 0 Å². The summed E-state index contributed by atoms with van der Waals surface area (Å²) in [5.74, 6) is 0.955. The Bertz CT molecular complexity index is 514. The van der Waals surface area contributed by atoms with Crippen LogP contribution < -0.4 is 5.32 Å². The molecule has 1 heterocycles. The highest BCUT2D eigenvalue weighted by molar-refractivity contribution is 7.13. The first kappa shape index (κ1) is 12.7. The summed E-state index contributed by atoms with van der Waals surface area (Å²) < 4.78 is 0. The van der Waals surface area contributed by atoms with E-state index in [-0.39, 0.29) is 0 Å². The number of benzene rings is 1. The molecule has 19 heavy (non-hydrogen) atoms. The van der Waals surface area contributed by atoms with Crippen LogP contribution in [0.5, 0.6) is 0 Å². The van der Waals surface area contributed by atoms with Crippen molar-refractivity contribution in [3.05, 3.63) is 41.8 Å². The zero-order chi connectivity index (χ0) is 13.1. The Hall–Kier alpha value is -1.28. The lowest BCUT2D eigenvalue weighted by molar-refractivity contribution is 0.286. The predicted molar refractivity (Wildman–Crippen MR) is 84.8 cm³/mol. The Morgan fingerprint density at radius 1 is 1.21 bits per heavy atom. The second-order valence-electron chi connectivity index (χ2n) is 5.60. The lowest BCUT2D eigenvalue weighted by Crippen LogP contribution is -2.23. The van der Waals surface area contributed by atoms with Gasteiger partial charge in [-0.3, -0.25) is 0 Å². The predicted octanol–water partition coefficient (Wildman–Crippen LogP) is 5.41. The first-order valence-corrected chi connectivity index (χ1v) is 8.10. The third-order valence-electron chi connectivity index (χ3n) is 4.03. The van der Waals surface area contributed by atoms with Crippen LogP contribution in [-0.4, -0.2) is 6.04 Å². The monoisotopic (exact) mass is 271 g/mol. The van der Waals surface area contributed by atoms with Gasteiger partial charge in [0.05, 0.1) is 0 Å². The molecule has 1 saturated carbocycles. The molecule has 2 heteroatoms. The summed E-state index contributed by atoms with van der Waals surface area (Å²) in [6.45, 7) is 2.31. The Labute approximate surface area is 119 Å². The maximum atomic E-state index is 3.70. The largest absolute Gasteiger partial charge is 0.382 e. The van der Waals surface area contributed by atoms with Crippen molar-refractivity contribution in [3.8, 4) is 10.4 Å². The number of nitrogens with one attached hydrogen (secondary N) is 1. The second kappa shape index (κ2) is 5.79. The molecule has 1 aliphatic rings. The molecule has 100 valence electrons.